The molecule has 1 aliphatic heterocycles. The molecular formula is C13H30N2. The second-order valence-corrected chi connectivity index (χ2v) is 5.99. The molecular weight excluding hydrogens is 184 g/mol. The Kier molecular flexibility index (Phi) is 5.82. The Morgan fingerprint density at radius 3 is 1.67 bits per heavy atom. The van der Waals surface area contributed by atoms with Crippen LogP contribution in [-0.2, 0) is 0 Å². The summed E-state index contributed by atoms with van der Waals surface area (Å²) in [7, 11) is 2.06. The molecule has 1 aliphatic rings. The smallest absolute Gasteiger partial charge is 0.0144 e. The van der Waals surface area contributed by atoms with Crippen molar-refractivity contribution in [2.24, 2.45) is 0 Å². The van der Waals surface area contributed by atoms with Gasteiger partial charge < -0.3 is 10.6 Å². The van der Waals surface area contributed by atoms with Gasteiger partial charge in [-0.15, -0.1) is 0 Å². The molecule has 92 valence electrons. The highest BCUT2D eigenvalue weighted by atomic mass is 15.1. The van der Waals surface area contributed by atoms with Crippen molar-refractivity contribution >= 4 is 0 Å². The Morgan fingerprint density at radius 1 is 1.07 bits per heavy atom. The van der Waals surface area contributed by atoms with Crippen LogP contribution in [0.4, 0.5) is 0 Å². The number of nitrogens with one attached hydrogen (secondary N) is 2. The van der Waals surface area contributed by atoms with Crippen molar-refractivity contribution in [3.8, 4) is 0 Å². The summed E-state index contributed by atoms with van der Waals surface area (Å²) in [6, 6.07) is 0.663. The first-order valence-corrected chi connectivity index (χ1v) is 6.23. The van der Waals surface area contributed by atoms with Gasteiger partial charge in [0.2, 0.25) is 0 Å². The standard InChI is InChI=1S/C10H22N2.C3H8/c1-9(2)6-8(11-5)7-10(3,4)12-9;1-3-2/h8,11-12H,6-7H2,1-5H3;3H2,1-2H3. The van der Waals surface area contributed by atoms with E-state index in [1.54, 1.807) is 0 Å². The summed E-state index contributed by atoms with van der Waals surface area (Å²) >= 11 is 0. The van der Waals surface area contributed by atoms with Gasteiger partial charge in [-0.25, -0.2) is 0 Å². The molecule has 2 heteroatoms. The van der Waals surface area contributed by atoms with E-state index in [0.717, 1.165) is 0 Å². The van der Waals surface area contributed by atoms with E-state index in [1.807, 2.05) is 0 Å². The Labute approximate surface area is 96.2 Å². The fourth-order valence-electron chi connectivity index (χ4n) is 2.53. The minimum Gasteiger partial charge on any atom is -0.317 e. The predicted molar refractivity (Wildman–Crippen MR) is 69.3 cm³/mol. The van der Waals surface area contributed by atoms with E-state index in [2.05, 4.69) is 59.2 Å². The van der Waals surface area contributed by atoms with Crippen LogP contribution in [0.2, 0.25) is 0 Å². The van der Waals surface area contributed by atoms with Crippen LogP contribution in [0.25, 0.3) is 0 Å². The van der Waals surface area contributed by atoms with E-state index in [0.29, 0.717) is 6.04 Å². The molecule has 0 radical (unpaired) electrons. The Balaban J connectivity index is 0.000000583. The first kappa shape index (κ1) is 14.9. The quantitative estimate of drug-likeness (QED) is 0.701. The molecule has 1 saturated heterocycles. The van der Waals surface area contributed by atoms with E-state index in [1.165, 1.54) is 19.3 Å². The largest absolute Gasteiger partial charge is 0.317 e. The maximum Gasteiger partial charge on any atom is 0.0144 e. The van der Waals surface area contributed by atoms with Gasteiger partial charge in [0.25, 0.3) is 0 Å². The average Bonchev–Trinajstić information content (AvgIpc) is 1.99. The van der Waals surface area contributed by atoms with Crippen LogP contribution in [0.15, 0.2) is 0 Å². The minimum atomic E-state index is 0.273. The van der Waals surface area contributed by atoms with Crippen molar-refractivity contribution in [2.45, 2.75) is 77.9 Å². The van der Waals surface area contributed by atoms with Crippen molar-refractivity contribution in [1.82, 2.24) is 10.6 Å². The highest BCUT2D eigenvalue weighted by Gasteiger charge is 2.36. The van der Waals surface area contributed by atoms with Gasteiger partial charge >= 0.3 is 0 Å². The maximum atomic E-state index is 3.66. The summed E-state index contributed by atoms with van der Waals surface area (Å²) in [4.78, 5) is 0. The van der Waals surface area contributed by atoms with Crippen molar-refractivity contribution in [1.29, 1.82) is 0 Å². The van der Waals surface area contributed by atoms with Gasteiger partial charge in [0.1, 0.15) is 0 Å². The Morgan fingerprint density at radius 2 is 1.40 bits per heavy atom. The molecule has 15 heavy (non-hydrogen) atoms. The van der Waals surface area contributed by atoms with Gasteiger partial charge in [-0.05, 0) is 47.6 Å². The summed E-state index contributed by atoms with van der Waals surface area (Å²) in [6.45, 7) is 13.4. The fourth-order valence-corrected chi connectivity index (χ4v) is 2.53. The number of rotatable bonds is 1. The predicted octanol–water partition coefficient (Wildman–Crippen LogP) is 2.93. The lowest BCUT2D eigenvalue weighted by molar-refractivity contribution is 0.150. The van der Waals surface area contributed by atoms with Crippen LogP contribution in [0.3, 0.4) is 0 Å². The molecule has 2 nitrogen and oxygen atoms in total. The lowest BCUT2D eigenvalue weighted by atomic mass is 9.80. The van der Waals surface area contributed by atoms with Crippen LogP contribution in [-0.4, -0.2) is 24.2 Å². The minimum absolute atomic E-state index is 0.273. The van der Waals surface area contributed by atoms with Crippen molar-refractivity contribution in [2.75, 3.05) is 7.05 Å². The van der Waals surface area contributed by atoms with Crippen LogP contribution in [0.5, 0.6) is 0 Å². The van der Waals surface area contributed by atoms with Gasteiger partial charge in [0.05, 0.1) is 0 Å². The summed E-state index contributed by atoms with van der Waals surface area (Å²) < 4.78 is 0. The lowest BCUT2D eigenvalue weighted by Gasteiger charge is -2.46. The van der Waals surface area contributed by atoms with Crippen molar-refractivity contribution in [3.63, 3.8) is 0 Å². The molecule has 0 saturated carbocycles. The third kappa shape index (κ3) is 6.16. The summed E-state index contributed by atoms with van der Waals surface area (Å²) in [5.41, 5.74) is 0.546. The lowest BCUT2D eigenvalue weighted by Crippen LogP contribution is -2.61. The van der Waals surface area contributed by atoms with Crippen LogP contribution in [0.1, 0.15) is 60.8 Å². The molecule has 0 aromatic carbocycles. The number of hydrogen-bond donors (Lipinski definition) is 2. The molecule has 1 heterocycles. The maximum absolute atomic E-state index is 3.66. The van der Waals surface area contributed by atoms with Crippen LogP contribution >= 0.6 is 0 Å². The van der Waals surface area contributed by atoms with Gasteiger partial charge in [0.15, 0.2) is 0 Å². The van der Waals surface area contributed by atoms with E-state index in [4.69, 9.17) is 0 Å². The van der Waals surface area contributed by atoms with E-state index < -0.39 is 0 Å². The average molecular weight is 214 g/mol. The SMILES string of the molecule is CCC.CNC1CC(C)(C)NC(C)(C)C1. The van der Waals surface area contributed by atoms with Crippen LogP contribution < -0.4 is 10.6 Å². The second-order valence-electron chi connectivity index (χ2n) is 5.99. The topological polar surface area (TPSA) is 24.1 Å². The number of hydrogen-bond acceptors (Lipinski definition) is 2. The second kappa shape index (κ2) is 5.86. The molecule has 0 aromatic rings. The first-order valence-electron chi connectivity index (χ1n) is 6.23. The Bertz CT molecular complexity index is 157. The van der Waals surface area contributed by atoms with Gasteiger partial charge in [0, 0.05) is 17.1 Å². The molecule has 0 amide bonds. The zero-order valence-electron chi connectivity index (χ0n) is 11.7. The Hall–Kier alpha value is -0.0800. The fraction of sp³-hybridized carbons (Fsp3) is 1.00. The molecule has 0 unspecified atom stereocenters. The summed E-state index contributed by atoms with van der Waals surface area (Å²) in [5.74, 6) is 0. The normalized spacial score (nSPS) is 24.2. The molecule has 0 spiro atoms. The summed E-state index contributed by atoms with van der Waals surface area (Å²) in [6.07, 6.45) is 3.68. The third-order valence-corrected chi connectivity index (χ3v) is 2.60. The van der Waals surface area contributed by atoms with Crippen LogP contribution in [0, 0.1) is 0 Å². The van der Waals surface area contributed by atoms with E-state index in [9.17, 15) is 0 Å². The first-order chi connectivity index (χ1) is 6.76. The van der Waals surface area contributed by atoms with Gasteiger partial charge in [-0.3, -0.25) is 0 Å². The third-order valence-electron chi connectivity index (χ3n) is 2.60. The van der Waals surface area contributed by atoms with Gasteiger partial charge in [-0.1, -0.05) is 20.3 Å². The number of piperidine rings is 1. The molecule has 0 atom stereocenters. The van der Waals surface area contributed by atoms with E-state index in [-0.39, 0.29) is 11.1 Å². The zero-order valence-corrected chi connectivity index (χ0v) is 11.7. The van der Waals surface area contributed by atoms with E-state index >= 15 is 0 Å². The monoisotopic (exact) mass is 214 g/mol. The molecule has 0 bridgehead atoms. The molecule has 2 N–H and O–H groups in total. The zero-order chi connectivity index (χ0) is 12.1. The highest BCUT2D eigenvalue weighted by Crippen LogP contribution is 2.27. The molecule has 1 rings (SSSR count). The molecule has 1 fully saturated rings. The van der Waals surface area contributed by atoms with Crippen molar-refractivity contribution in [3.05, 3.63) is 0 Å². The highest BCUT2D eigenvalue weighted by molar-refractivity contribution is 4.98. The van der Waals surface area contributed by atoms with Crippen molar-refractivity contribution < 1.29 is 0 Å². The van der Waals surface area contributed by atoms with Gasteiger partial charge in [-0.2, -0.15) is 0 Å². The molecule has 0 aliphatic carbocycles. The summed E-state index contributed by atoms with van der Waals surface area (Å²) in [5, 5.41) is 7.03. The molecule has 0 aromatic heterocycles.